The molecule has 394 valence electrons. The second-order valence-corrected chi connectivity index (χ2v) is 26.2. The van der Waals surface area contributed by atoms with Gasteiger partial charge < -0.3 is 39.5 Å². The number of hydrogen-bond acceptors (Lipinski definition) is 12. The molecule has 0 saturated carbocycles. The first kappa shape index (κ1) is 57.9. The number of esters is 1. The Morgan fingerprint density at radius 2 is 1.30 bits per heavy atom. The zero-order chi connectivity index (χ0) is 51.6. The van der Waals surface area contributed by atoms with Gasteiger partial charge in [-0.15, -0.1) is 0 Å². The topological polar surface area (TPSA) is 156 Å². The molecule has 12 nitrogen and oxygen atoms in total. The van der Waals surface area contributed by atoms with Gasteiger partial charge in [0.15, 0.2) is 6.29 Å². The molecule has 2 aliphatic rings. The third-order valence-corrected chi connectivity index (χ3v) is 21.0. The number of likely N-dealkylation sites (N-methyl/N-ethyl adjacent to an activating group) is 1. The number of ether oxygens (including phenoxy) is 3. The molecular formula is C57H92N3O9P. The fourth-order valence-electron chi connectivity index (χ4n) is 11.7. The van der Waals surface area contributed by atoms with E-state index in [0.29, 0.717) is 19.5 Å². The Bertz CT molecular complexity index is 1970. The van der Waals surface area contributed by atoms with Crippen molar-refractivity contribution in [2.75, 3.05) is 52.3 Å². The van der Waals surface area contributed by atoms with E-state index in [9.17, 15) is 30.3 Å². The van der Waals surface area contributed by atoms with E-state index in [0.717, 1.165) is 44.7 Å². The summed E-state index contributed by atoms with van der Waals surface area (Å²) in [5.41, 5.74) is -2.17. The Kier molecular flexibility index (Phi) is 21.3. The van der Waals surface area contributed by atoms with Crippen molar-refractivity contribution in [1.82, 2.24) is 9.80 Å². The summed E-state index contributed by atoms with van der Waals surface area (Å²) < 4.78 is 18.7. The number of cyclic esters (lactones) is 1. The quantitative estimate of drug-likeness (QED) is 0.0572. The number of benzene rings is 3. The summed E-state index contributed by atoms with van der Waals surface area (Å²) in [5.74, 6) is -2.76. The second kappa shape index (κ2) is 25.8. The van der Waals surface area contributed by atoms with E-state index in [1.165, 1.54) is 28.5 Å². The molecule has 2 saturated heterocycles. The molecule has 2 fully saturated rings. The minimum absolute atomic E-state index is 0.143. The van der Waals surface area contributed by atoms with Crippen LogP contribution in [0, 0.1) is 17.8 Å². The van der Waals surface area contributed by atoms with Crippen LogP contribution in [0.4, 0.5) is 5.69 Å². The Hall–Kier alpha value is -3.00. The summed E-state index contributed by atoms with van der Waals surface area (Å²) in [5, 5.41) is 64.2. The van der Waals surface area contributed by atoms with Crippen LogP contribution in [0.2, 0.25) is 0 Å². The van der Waals surface area contributed by atoms with Crippen molar-refractivity contribution in [2.45, 2.75) is 179 Å². The van der Waals surface area contributed by atoms with Crippen molar-refractivity contribution in [1.29, 1.82) is 0 Å². The molecule has 13 heteroatoms. The summed E-state index contributed by atoms with van der Waals surface area (Å²) in [6.07, 6.45) is 1.33. The SMILES string of the molecule is CCC1OC(=O)[C@H](C)[C@@H](O)[C@H](C)[C@@H](O[C@@H]2O[C@H](C)C[C@H](N(C)C)[C@H]2O)[C@](C)(O)C[C@@H](C)CN(CCCCCCCC[PH](c2ccccc2)(c2ccccc2)c2ccc(N(C)C)cc2)[C@H](C)[C@@H](O)[C@]1(C)O. The molecule has 0 radical (unpaired) electrons. The predicted molar refractivity (Wildman–Crippen MR) is 287 cm³/mol. The molecule has 1 unspecified atom stereocenters. The third kappa shape index (κ3) is 14.0. The van der Waals surface area contributed by atoms with Gasteiger partial charge in [0.05, 0.1) is 29.8 Å². The van der Waals surface area contributed by atoms with Gasteiger partial charge in [0, 0.05) is 12.0 Å². The molecule has 5 N–H and O–H groups in total. The third-order valence-electron chi connectivity index (χ3n) is 15.9. The van der Waals surface area contributed by atoms with Crippen LogP contribution in [0.5, 0.6) is 0 Å². The van der Waals surface area contributed by atoms with Crippen LogP contribution in [0.25, 0.3) is 0 Å². The first-order chi connectivity index (χ1) is 33.1. The molecule has 0 amide bonds. The van der Waals surface area contributed by atoms with Crippen molar-refractivity contribution >= 4 is 34.8 Å². The molecule has 3 aromatic carbocycles. The van der Waals surface area contributed by atoms with Gasteiger partial charge in [0.25, 0.3) is 0 Å². The van der Waals surface area contributed by atoms with E-state index in [4.69, 9.17) is 14.2 Å². The standard InChI is InChI=1S/C57H92N3O9P/c1-13-49-57(8,66)52(63)43(6)60(38-39(2)37-56(7,65)53(41(4)50(61)42(5)54(64)68-49)69-55-51(62)48(59(11)12)36-40(3)67-55)34-24-16-14-15-17-25-35-70(45-26-20-18-21-27-45,46-28-22-19-23-29-46)47-32-30-44(31-33-47)58(9)10/h18-23,26-33,39-43,48-53,55,61-63,65-66,70H,13-17,24-25,34-38H2,1-12H3/t39-,40-,41+,42-,43-,48+,49?,50+,51-,52-,53-,55+,56-,57-/m1/s1. The van der Waals surface area contributed by atoms with Crippen LogP contribution < -0.4 is 20.8 Å². The number of carbonyl (C=O) groups is 1. The van der Waals surface area contributed by atoms with Crippen LogP contribution in [0.1, 0.15) is 113 Å². The number of hydrogen-bond donors (Lipinski definition) is 5. The van der Waals surface area contributed by atoms with E-state index in [2.05, 4.69) is 116 Å². The first-order valence-corrected chi connectivity index (χ1v) is 28.6. The molecule has 0 aliphatic carbocycles. The van der Waals surface area contributed by atoms with Crippen LogP contribution in [-0.4, -0.2) is 155 Å². The number of unbranched alkanes of at least 4 members (excludes halogenated alkanes) is 5. The Morgan fingerprint density at radius 3 is 1.84 bits per heavy atom. The summed E-state index contributed by atoms with van der Waals surface area (Å²) in [4.78, 5) is 20.1. The maximum atomic E-state index is 13.8. The van der Waals surface area contributed by atoms with Crippen LogP contribution in [0.3, 0.4) is 0 Å². The van der Waals surface area contributed by atoms with Crippen molar-refractivity contribution in [3.8, 4) is 0 Å². The minimum atomic E-state index is -2.36. The fraction of sp³-hybridized carbons (Fsp3) is 0.667. The molecule has 70 heavy (non-hydrogen) atoms. The Morgan fingerprint density at radius 1 is 0.757 bits per heavy atom. The van der Waals surface area contributed by atoms with Crippen molar-refractivity contribution < 1.29 is 44.5 Å². The van der Waals surface area contributed by atoms with Gasteiger partial charge in [-0.05, 0) is 54.6 Å². The zero-order valence-corrected chi connectivity index (χ0v) is 45.7. The van der Waals surface area contributed by atoms with Crippen molar-refractivity contribution in [3.05, 3.63) is 84.9 Å². The number of anilines is 1. The molecule has 2 heterocycles. The van der Waals surface area contributed by atoms with E-state index >= 15 is 0 Å². The van der Waals surface area contributed by atoms with Gasteiger partial charge in [0.2, 0.25) is 0 Å². The van der Waals surface area contributed by atoms with Gasteiger partial charge in [0.1, 0.15) is 12.2 Å². The number of rotatable bonds is 17. The molecule has 0 bridgehead atoms. The van der Waals surface area contributed by atoms with Crippen LogP contribution in [0.15, 0.2) is 84.9 Å². The first-order valence-electron chi connectivity index (χ1n) is 26.4. The summed E-state index contributed by atoms with van der Waals surface area (Å²) >= 11 is 0. The molecule has 3 aromatic rings. The van der Waals surface area contributed by atoms with E-state index in [1.807, 2.05) is 32.8 Å². The van der Waals surface area contributed by atoms with Crippen LogP contribution >= 0.6 is 7.26 Å². The normalized spacial score (nSPS) is 33.5. The number of aliphatic hydroxyl groups excluding tert-OH is 3. The molecular weight excluding hydrogens is 902 g/mol. The van der Waals surface area contributed by atoms with Crippen molar-refractivity contribution in [3.63, 3.8) is 0 Å². The van der Waals surface area contributed by atoms with Gasteiger partial charge in [-0.2, -0.15) is 0 Å². The molecule has 0 aromatic heterocycles. The van der Waals surface area contributed by atoms with E-state index in [1.54, 1.807) is 27.7 Å². The molecule has 2 aliphatic heterocycles. The van der Waals surface area contributed by atoms with Gasteiger partial charge in [-0.1, -0.05) is 13.8 Å². The van der Waals surface area contributed by atoms with Gasteiger partial charge >= 0.3 is 250 Å². The number of carbonyl (C=O) groups excluding carboxylic acids is 1. The van der Waals surface area contributed by atoms with Gasteiger partial charge in [-0.3, -0.25) is 4.79 Å². The van der Waals surface area contributed by atoms with E-state index in [-0.39, 0.29) is 30.9 Å². The minimum Gasteiger partial charge on any atom is -0.384 e. The predicted octanol–water partition coefficient (Wildman–Crippen LogP) is 6.48. The van der Waals surface area contributed by atoms with Crippen LogP contribution in [-0.2, 0) is 19.0 Å². The maximum absolute atomic E-state index is 13.8. The fourth-order valence-corrected chi connectivity index (χ4v) is 16.6. The summed E-state index contributed by atoms with van der Waals surface area (Å²) in [6, 6.07) is 30.6. The van der Waals surface area contributed by atoms with E-state index < -0.39 is 79.1 Å². The number of nitrogens with zero attached hydrogens (tertiary/aromatic N) is 3. The smallest absolute Gasteiger partial charge is 0.384 e. The Labute approximate surface area is 422 Å². The Balaban J connectivity index is 1.32. The van der Waals surface area contributed by atoms with Gasteiger partial charge in [-0.25, -0.2) is 0 Å². The summed E-state index contributed by atoms with van der Waals surface area (Å²) in [7, 11) is 5.60. The molecule has 14 atom stereocenters. The second-order valence-electron chi connectivity index (χ2n) is 22.1. The monoisotopic (exact) mass is 994 g/mol. The average molecular weight is 994 g/mol. The molecule has 0 spiro atoms. The number of aliphatic hydroxyl groups is 5. The average Bonchev–Trinajstić information content (AvgIpc) is 3.33. The summed E-state index contributed by atoms with van der Waals surface area (Å²) in [6.45, 7) is 15.3. The van der Waals surface area contributed by atoms with Crippen molar-refractivity contribution in [2.24, 2.45) is 17.8 Å². The zero-order valence-electron chi connectivity index (χ0n) is 44.7. The molecule has 5 rings (SSSR count).